The molecule has 1 atom stereocenters. The largest absolute Gasteiger partial charge is 0.480 e. The summed E-state index contributed by atoms with van der Waals surface area (Å²) in [5.41, 5.74) is 0. The minimum Gasteiger partial charge on any atom is -0.480 e. The summed E-state index contributed by atoms with van der Waals surface area (Å²) in [5.74, 6) is -0.344. The maximum absolute atomic E-state index is 12.2. The minimum atomic E-state index is -0.947. The first kappa shape index (κ1) is 15.8. The Morgan fingerprint density at radius 2 is 2.00 bits per heavy atom. The number of amides is 2. The predicted octanol–water partition coefficient (Wildman–Crippen LogP) is 2.46. The van der Waals surface area contributed by atoms with Crippen molar-refractivity contribution in [2.45, 2.75) is 65.0 Å². The third kappa shape index (κ3) is 5.49. The summed E-state index contributed by atoms with van der Waals surface area (Å²) in [6.45, 7) is 6.67. The van der Waals surface area contributed by atoms with E-state index in [0.29, 0.717) is 12.3 Å². The highest BCUT2D eigenvalue weighted by Crippen LogP contribution is 2.30. The third-order valence-electron chi connectivity index (χ3n) is 3.48. The quantitative estimate of drug-likeness (QED) is 0.712. The van der Waals surface area contributed by atoms with E-state index in [0.717, 1.165) is 19.4 Å². The summed E-state index contributed by atoms with van der Waals surface area (Å²) in [4.78, 5) is 25.1. The zero-order valence-electron chi connectivity index (χ0n) is 12.2. The number of urea groups is 1. The smallest absolute Gasteiger partial charge is 0.326 e. The zero-order valence-corrected chi connectivity index (χ0v) is 12.2. The fourth-order valence-corrected chi connectivity index (χ4v) is 2.00. The highest BCUT2D eigenvalue weighted by atomic mass is 16.4. The van der Waals surface area contributed by atoms with Crippen LogP contribution >= 0.6 is 0 Å². The van der Waals surface area contributed by atoms with Crippen molar-refractivity contribution in [3.63, 3.8) is 0 Å². The fraction of sp³-hybridized carbons (Fsp3) is 0.857. The van der Waals surface area contributed by atoms with Gasteiger partial charge in [0.25, 0.3) is 0 Å². The van der Waals surface area contributed by atoms with Crippen LogP contribution in [0.3, 0.4) is 0 Å². The molecule has 1 saturated carbocycles. The number of nitrogens with zero attached hydrogens (tertiary/aromatic N) is 1. The van der Waals surface area contributed by atoms with Gasteiger partial charge in [-0.2, -0.15) is 0 Å². The Kier molecular flexibility index (Phi) is 6.12. The second-order valence-corrected chi connectivity index (χ2v) is 5.67. The molecule has 1 rings (SSSR count). The van der Waals surface area contributed by atoms with Crippen LogP contribution in [0.15, 0.2) is 0 Å². The number of carbonyl (C=O) groups excluding carboxylic acids is 1. The van der Waals surface area contributed by atoms with Crippen molar-refractivity contribution in [3.8, 4) is 0 Å². The molecule has 5 heteroatoms. The van der Waals surface area contributed by atoms with Crippen molar-refractivity contribution >= 4 is 12.0 Å². The molecule has 0 radical (unpaired) electrons. The Morgan fingerprint density at radius 1 is 1.37 bits per heavy atom. The molecule has 110 valence electrons. The number of hydrogen-bond donors (Lipinski definition) is 2. The van der Waals surface area contributed by atoms with E-state index in [1.807, 2.05) is 20.8 Å². The molecule has 0 spiro atoms. The van der Waals surface area contributed by atoms with Crippen molar-refractivity contribution in [1.82, 2.24) is 10.2 Å². The molecule has 0 heterocycles. The van der Waals surface area contributed by atoms with Gasteiger partial charge in [0.1, 0.15) is 6.04 Å². The predicted molar refractivity (Wildman–Crippen MR) is 74.0 cm³/mol. The monoisotopic (exact) mass is 270 g/mol. The topological polar surface area (TPSA) is 69.6 Å². The summed E-state index contributed by atoms with van der Waals surface area (Å²) >= 11 is 0. The van der Waals surface area contributed by atoms with E-state index in [1.54, 1.807) is 4.90 Å². The lowest BCUT2D eigenvalue weighted by Crippen LogP contribution is -2.50. The van der Waals surface area contributed by atoms with Crippen LogP contribution in [-0.4, -0.2) is 40.6 Å². The van der Waals surface area contributed by atoms with Crippen LogP contribution in [0.4, 0.5) is 4.79 Å². The number of rotatable bonds is 8. The Bertz CT molecular complexity index is 314. The molecular weight excluding hydrogens is 244 g/mol. The molecule has 0 bridgehead atoms. The number of carboxylic acid groups (broad SMARTS) is 1. The van der Waals surface area contributed by atoms with Gasteiger partial charge in [0, 0.05) is 12.6 Å². The number of aliphatic carboxylic acids is 1. The normalized spacial score (nSPS) is 16.2. The first-order valence-corrected chi connectivity index (χ1v) is 7.25. The molecule has 1 fully saturated rings. The van der Waals surface area contributed by atoms with Crippen molar-refractivity contribution in [2.24, 2.45) is 5.92 Å². The summed E-state index contributed by atoms with van der Waals surface area (Å²) < 4.78 is 0. The molecule has 0 saturated heterocycles. The summed E-state index contributed by atoms with van der Waals surface area (Å²) in [7, 11) is 0. The standard InChI is InChI=1S/C14H26N2O3/c1-4-5-6-12(13(17)18)15-14(19)16(10(2)3)9-11-7-8-11/h10-12H,4-9H2,1-3H3,(H,15,19)(H,17,18)/t12-/m0/s1. The molecule has 5 nitrogen and oxygen atoms in total. The maximum atomic E-state index is 12.2. The lowest BCUT2D eigenvalue weighted by molar-refractivity contribution is -0.139. The van der Waals surface area contributed by atoms with Crippen molar-refractivity contribution < 1.29 is 14.7 Å². The van der Waals surface area contributed by atoms with Gasteiger partial charge in [0.2, 0.25) is 0 Å². The fourth-order valence-electron chi connectivity index (χ4n) is 2.00. The molecular formula is C14H26N2O3. The van der Waals surface area contributed by atoms with Crippen LogP contribution in [0.1, 0.15) is 52.9 Å². The number of carbonyl (C=O) groups is 2. The number of nitrogens with one attached hydrogen (secondary N) is 1. The average molecular weight is 270 g/mol. The first-order valence-electron chi connectivity index (χ1n) is 7.25. The summed E-state index contributed by atoms with van der Waals surface area (Å²) in [6.07, 6.45) is 4.58. The second kappa shape index (κ2) is 7.36. The number of carboxylic acids is 1. The third-order valence-corrected chi connectivity index (χ3v) is 3.48. The van der Waals surface area contributed by atoms with Gasteiger partial charge in [0.15, 0.2) is 0 Å². The highest BCUT2D eigenvalue weighted by molar-refractivity contribution is 5.82. The molecule has 2 amide bonds. The lowest BCUT2D eigenvalue weighted by atomic mass is 10.1. The van der Waals surface area contributed by atoms with Gasteiger partial charge in [-0.1, -0.05) is 19.8 Å². The molecule has 0 aromatic carbocycles. The van der Waals surface area contributed by atoms with E-state index in [4.69, 9.17) is 5.11 Å². The van der Waals surface area contributed by atoms with Crippen LogP contribution in [0.2, 0.25) is 0 Å². The molecule has 0 aromatic rings. The Balaban J connectivity index is 2.53. The number of hydrogen-bond acceptors (Lipinski definition) is 2. The van der Waals surface area contributed by atoms with Gasteiger partial charge in [-0.05, 0) is 39.0 Å². The Morgan fingerprint density at radius 3 is 2.42 bits per heavy atom. The average Bonchev–Trinajstić information content (AvgIpc) is 3.14. The highest BCUT2D eigenvalue weighted by Gasteiger charge is 2.30. The minimum absolute atomic E-state index is 0.0984. The van der Waals surface area contributed by atoms with Gasteiger partial charge in [0.05, 0.1) is 0 Å². The molecule has 2 N–H and O–H groups in total. The van der Waals surface area contributed by atoms with E-state index in [1.165, 1.54) is 12.8 Å². The molecule has 0 aromatic heterocycles. The van der Waals surface area contributed by atoms with Gasteiger partial charge in [-0.15, -0.1) is 0 Å². The molecule has 1 aliphatic rings. The van der Waals surface area contributed by atoms with E-state index < -0.39 is 12.0 Å². The zero-order chi connectivity index (χ0) is 14.4. The van der Waals surface area contributed by atoms with Crippen molar-refractivity contribution in [1.29, 1.82) is 0 Å². The molecule has 0 unspecified atom stereocenters. The van der Waals surface area contributed by atoms with Gasteiger partial charge < -0.3 is 15.3 Å². The van der Waals surface area contributed by atoms with Crippen LogP contribution in [0.5, 0.6) is 0 Å². The van der Waals surface area contributed by atoms with Gasteiger partial charge >= 0.3 is 12.0 Å². The van der Waals surface area contributed by atoms with Crippen LogP contribution < -0.4 is 5.32 Å². The first-order chi connectivity index (χ1) is 8.95. The van der Waals surface area contributed by atoms with Crippen LogP contribution in [-0.2, 0) is 4.79 Å². The Hall–Kier alpha value is -1.26. The van der Waals surface area contributed by atoms with E-state index in [9.17, 15) is 9.59 Å². The maximum Gasteiger partial charge on any atom is 0.326 e. The number of unbranched alkanes of at least 4 members (excludes halogenated alkanes) is 1. The molecule has 1 aliphatic carbocycles. The second-order valence-electron chi connectivity index (χ2n) is 5.67. The Labute approximate surface area is 115 Å². The van der Waals surface area contributed by atoms with Crippen LogP contribution in [0, 0.1) is 5.92 Å². The van der Waals surface area contributed by atoms with E-state index in [-0.39, 0.29) is 12.1 Å². The van der Waals surface area contributed by atoms with E-state index in [2.05, 4.69) is 5.32 Å². The van der Waals surface area contributed by atoms with Crippen molar-refractivity contribution in [3.05, 3.63) is 0 Å². The summed E-state index contributed by atoms with van der Waals surface area (Å²) in [6, 6.07) is -0.917. The van der Waals surface area contributed by atoms with Gasteiger partial charge in [-0.25, -0.2) is 9.59 Å². The van der Waals surface area contributed by atoms with Gasteiger partial charge in [-0.3, -0.25) is 0 Å². The SMILES string of the molecule is CCCC[C@H](NC(=O)N(CC1CC1)C(C)C)C(=O)O. The molecule has 19 heavy (non-hydrogen) atoms. The van der Waals surface area contributed by atoms with E-state index >= 15 is 0 Å². The molecule has 0 aliphatic heterocycles. The summed E-state index contributed by atoms with van der Waals surface area (Å²) in [5, 5.41) is 11.8. The van der Waals surface area contributed by atoms with Crippen LogP contribution in [0.25, 0.3) is 0 Å². The van der Waals surface area contributed by atoms with Crippen molar-refractivity contribution in [2.75, 3.05) is 6.54 Å². The lowest BCUT2D eigenvalue weighted by Gasteiger charge is -2.28.